The van der Waals surface area contributed by atoms with Crippen LogP contribution < -0.4 is 14.8 Å². The first-order chi connectivity index (χ1) is 9.47. The first kappa shape index (κ1) is 15.8. The topological polar surface area (TPSA) is 80.2 Å². The first-order valence-corrected chi connectivity index (χ1v) is 6.27. The van der Waals surface area contributed by atoms with Crippen LogP contribution in [0.25, 0.3) is 0 Å². The minimum atomic E-state index is -0.215. The summed E-state index contributed by atoms with van der Waals surface area (Å²) in [7, 11) is 1.54. The molecular formula is C14H20N2O4. The number of nitrogens with one attached hydrogen (secondary N) is 1. The summed E-state index contributed by atoms with van der Waals surface area (Å²) in [5.74, 6) is 0.810. The van der Waals surface area contributed by atoms with Gasteiger partial charge in [0.1, 0.15) is 11.5 Å². The fraction of sp³-hybridized carbons (Fsp3) is 0.429. The van der Waals surface area contributed by atoms with Crippen LogP contribution in [0.2, 0.25) is 0 Å². The minimum Gasteiger partial charge on any atom is -0.497 e. The number of carbonyl (C=O) groups is 1. The van der Waals surface area contributed by atoms with Gasteiger partial charge in [0.15, 0.2) is 6.61 Å². The maximum atomic E-state index is 11.6. The molecule has 0 atom stereocenters. The van der Waals surface area contributed by atoms with Crippen molar-refractivity contribution in [2.45, 2.75) is 26.8 Å². The molecule has 0 heterocycles. The van der Waals surface area contributed by atoms with E-state index in [9.17, 15) is 4.79 Å². The molecule has 0 aliphatic rings. The van der Waals surface area contributed by atoms with E-state index in [4.69, 9.17) is 14.7 Å². The van der Waals surface area contributed by atoms with Gasteiger partial charge >= 0.3 is 0 Å². The van der Waals surface area contributed by atoms with Crippen molar-refractivity contribution in [3.63, 3.8) is 0 Å². The zero-order valence-corrected chi connectivity index (χ0v) is 12.1. The van der Waals surface area contributed by atoms with Crippen LogP contribution in [0, 0.1) is 0 Å². The van der Waals surface area contributed by atoms with E-state index in [2.05, 4.69) is 10.5 Å². The van der Waals surface area contributed by atoms with Crippen LogP contribution in [0.5, 0.6) is 11.5 Å². The third kappa shape index (κ3) is 4.46. The Labute approximate surface area is 118 Å². The lowest BCUT2D eigenvalue weighted by molar-refractivity contribution is -0.123. The van der Waals surface area contributed by atoms with Gasteiger partial charge in [-0.15, -0.1) is 0 Å². The highest BCUT2D eigenvalue weighted by Gasteiger charge is 2.11. The largest absolute Gasteiger partial charge is 0.497 e. The summed E-state index contributed by atoms with van der Waals surface area (Å²) in [5, 5.41) is 14.7. The van der Waals surface area contributed by atoms with Crippen LogP contribution in [0.15, 0.2) is 23.4 Å². The highest BCUT2D eigenvalue weighted by Crippen LogP contribution is 2.25. The van der Waals surface area contributed by atoms with E-state index in [-0.39, 0.29) is 18.6 Å². The third-order valence-electron chi connectivity index (χ3n) is 2.54. The zero-order chi connectivity index (χ0) is 15.1. The second-order valence-electron chi connectivity index (χ2n) is 4.56. The van der Waals surface area contributed by atoms with Gasteiger partial charge in [0.05, 0.1) is 12.8 Å². The molecule has 0 fully saturated rings. The molecule has 0 aliphatic carbocycles. The molecule has 6 heteroatoms. The third-order valence-corrected chi connectivity index (χ3v) is 2.54. The molecule has 0 bridgehead atoms. The lowest BCUT2D eigenvalue weighted by Gasteiger charge is -2.13. The number of carbonyl (C=O) groups excluding carboxylic acids is 1. The van der Waals surface area contributed by atoms with Crippen molar-refractivity contribution in [2.75, 3.05) is 13.7 Å². The zero-order valence-electron chi connectivity index (χ0n) is 12.1. The van der Waals surface area contributed by atoms with Crippen molar-refractivity contribution in [1.82, 2.24) is 5.32 Å². The molecule has 0 aromatic heterocycles. The van der Waals surface area contributed by atoms with E-state index in [0.29, 0.717) is 22.8 Å². The summed E-state index contributed by atoms with van der Waals surface area (Å²) in [6.45, 7) is 5.27. The van der Waals surface area contributed by atoms with Crippen molar-refractivity contribution in [3.05, 3.63) is 23.8 Å². The first-order valence-electron chi connectivity index (χ1n) is 6.27. The molecule has 20 heavy (non-hydrogen) atoms. The lowest BCUT2D eigenvalue weighted by atomic mass is 10.1. The number of oxime groups is 1. The number of ether oxygens (including phenoxy) is 2. The second kappa shape index (κ2) is 7.37. The van der Waals surface area contributed by atoms with E-state index in [0.717, 1.165) is 0 Å². The van der Waals surface area contributed by atoms with Crippen LogP contribution in [-0.4, -0.2) is 36.6 Å². The average molecular weight is 280 g/mol. The number of benzene rings is 1. The Hall–Kier alpha value is -2.24. The van der Waals surface area contributed by atoms with Gasteiger partial charge in [0.25, 0.3) is 5.91 Å². The van der Waals surface area contributed by atoms with E-state index in [1.165, 1.54) is 7.11 Å². The molecule has 6 nitrogen and oxygen atoms in total. The maximum absolute atomic E-state index is 11.6. The molecule has 1 aromatic carbocycles. The second-order valence-corrected chi connectivity index (χ2v) is 4.56. The maximum Gasteiger partial charge on any atom is 0.258 e. The number of hydrogen-bond donors (Lipinski definition) is 2. The molecule has 1 amide bonds. The predicted octanol–water partition coefficient (Wildman–Crippen LogP) is 1.80. The summed E-state index contributed by atoms with van der Waals surface area (Å²) in [5.41, 5.74) is 0.998. The van der Waals surface area contributed by atoms with Gasteiger partial charge in [0.2, 0.25) is 0 Å². The SMILES string of the molecule is COc1ccc(/C(C)=N/O)c(OCC(=O)NC(C)C)c1. The van der Waals surface area contributed by atoms with E-state index < -0.39 is 0 Å². The summed E-state index contributed by atoms with van der Waals surface area (Å²) < 4.78 is 10.6. The summed E-state index contributed by atoms with van der Waals surface area (Å²) in [6, 6.07) is 5.14. The monoisotopic (exact) mass is 280 g/mol. The van der Waals surface area contributed by atoms with Crippen LogP contribution >= 0.6 is 0 Å². The lowest BCUT2D eigenvalue weighted by Crippen LogP contribution is -2.34. The molecule has 0 aliphatic heterocycles. The van der Waals surface area contributed by atoms with Crippen molar-refractivity contribution < 1.29 is 19.5 Å². The molecule has 0 radical (unpaired) electrons. The average Bonchev–Trinajstić information content (AvgIpc) is 2.43. The number of hydrogen-bond acceptors (Lipinski definition) is 5. The van der Waals surface area contributed by atoms with Gasteiger partial charge < -0.3 is 20.0 Å². The van der Waals surface area contributed by atoms with E-state index in [1.807, 2.05) is 13.8 Å². The predicted molar refractivity (Wildman–Crippen MR) is 75.8 cm³/mol. The Morgan fingerprint density at radius 2 is 2.15 bits per heavy atom. The Morgan fingerprint density at radius 1 is 1.45 bits per heavy atom. The molecule has 1 aromatic rings. The fourth-order valence-electron chi connectivity index (χ4n) is 1.61. The van der Waals surface area contributed by atoms with Crippen LogP contribution in [0.1, 0.15) is 26.3 Å². The van der Waals surface area contributed by atoms with Gasteiger partial charge in [-0.05, 0) is 32.9 Å². The van der Waals surface area contributed by atoms with Gasteiger partial charge in [-0.25, -0.2) is 0 Å². The summed E-state index contributed by atoms with van der Waals surface area (Å²) in [6.07, 6.45) is 0. The number of amides is 1. The van der Waals surface area contributed by atoms with Gasteiger partial charge in [-0.1, -0.05) is 5.16 Å². The van der Waals surface area contributed by atoms with Gasteiger partial charge in [0, 0.05) is 17.7 Å². The smallest absolute Gasteiger partial charge is 0.258 e. The van der Waals surface area contributed by atoms with Crippen LogP contribution in [0.3, 0.4) is 0 Å². The molecule has 0 spiro atoms. The molecule has 0 unspecified atom stereocenters. The molecule has 0 saturated heterocycles. The van der Waals surface area contributed by atoms with Crippen molar-refractivity contribution >= 4 is 11.6 Å². The Balaban J connectivity index is 2.88. The molecule has 110 valence electrons. The van der Waals surface area contributed by atoms with E-state index >= 15 is 0 Å². The Morgan fingerprint density at radius 3 is 2.70 bits per heavy atom. The van der Waals surface area contributed by atoms with E-state index in [1.54, 1.807) is 25.1 Å². The number of nitrogens with zero attached hydrogens (tertiary/aromatic N) is 1. The Bertz CT molecular complexity index is 498. The van der Waals surface area contributed by atoms with Crippen LogP contribution in [-0.2, 0) is 4.79 Å². The van der Waals surface area contributed by atoms with Crippen molar-refractivity contribution in [3.8, 4) is 11.5 Å². The highest BCUT2D eigenvalue weighted by molar-refractivity contribution is 6.01. The molecule has 2 N–H and O–H groups in total. The molecule has 0 saturated carbocycles. The van der Waals surface area contributed by atoms with Crippen LogP contribution in [0.4, 0.5) is 0 Å². The molecule has 1 rings (SSSR count). The minimum absolute atomic E-state index is 0.0524. The summed E-state index contributed by atoms with van der Waals surface area (Å²) >= 11 is 0. The van der Waals surface area contributed by atoms with Gasteiger partial charge in [-0.2, -0.15) is 0 Å². The Kier molecular flexibility index (Phi) is 5.83. The number of rotatable bonds is 6. The summed E-state index contributed by atoms with van der Waals surface area (Å²) in [4.78, 5) is 11.6. The fourth-order valence-corrected chi connectivity index (χ4v) is 1.61. The van der Waals surface area contributed by atoms with Crippen molar-refractivity contribution in [1.29, 1.82) is 0 Å². The highest BCUT2D eigenvalue weighted by atomic mass is 16.5. The van der Waals surface area contributed by atoms with Crippen molar-refractivity contribution in [2.24, 2.45) is 5.16 Å². The van der Waals surface area contributed by atoms with Gasteiger partial charge in [-0.3, -0.25) is 4.79 Å². The number of methoxy groups -OCH3 is 1. The standard InChI is InChI=1S/C14H20N2O4/c1-9(2)15-14(17)8-20-13-7-11(19-4)5-6-12(13)10(3)16-18/h5-7,9,18H,8H2,1-4H3,(H,15,17)/b16-10+. The molecular weight excluding hydrogens is 260 g/mol. The normalized spacial score (nSPS) is 11.3. The quantitative estimate of drug-likeness (QED) is 0.473.